The van der Waals surface area contributed by atoms with Crippen molar-refractivity contribution < 1.29 is 5.11 Å². The van der Waals surface area contributed by atoms with Gasteiger partial charge >= 0.3 is 0 Å². The van der Waals surface area contributed by atoms with Crippen LogP contribution in [-0.2, 0) is 6.54 Å². The molecule has 2 N–H and O–H groups in total. The summed E-state index contributed by atoms with van der Waals surface area (Å²) >= 11 is 1.85. The van der Waals surface area contributed by atoms with Gasteiger partial charge in [-0.05, 0) is 38.3 Å². The van der Waals surface area contributed by atoms with E-state index in [4.69, 9.17) is 5.11 Å². The van der Waals surface area contributed by atoms with Crippen LogP contribution in [0.15, 0.2) is 6.07 Å². The van der Waals surface area contributed by atoms with Crippen LogP contribution in [0.5, 0.6) is 0 Å². The van der Waals surface area contributed by atoms with Crippen LogP contribution in [0.25, 0.3) is 0 Å². The van der Waals surface area contributed by atoms with Gasteiger partial charge in [-0.2, -0.15) is 0 Å². The van der Waals surface area contributed by atoms with Gasteiger partial charge in [0, 0.05) is 28.9 Å². The second-order valence-electron chi connectivity index (χ2n) is 3.94. The molecule has 0 aliphatic rings. The molecular weight excluding hydrogens is 206 g/mol. The van der Waals surface area contributed by atoms with E-state index >= 15 is 0 Å². The second kappa shape index (κ2) is 6.26. The Morgan fingerprint density at radius 3 is 2.67 bits per heavy atom. The smallest absolute Gasteiger partial charge is 0.0445 e. The highest BCUT2D eigenvalue weighted by atomic mass is 32.1. The van der Waals surface area contributed by atoms with Crippen molar-refractivity contribution in [3.63, 3.8) is 0 Å². The standard InChI is InChI=1S/C12H21NOS/c1-4-12(5-6-14)13-8-11-7-9(2)15-10(11)3/h7,12-14H,4-6,8H2,1-3H3. The van der Waals surface area contributed by atoms with Crippen LogP contribution in [-0.4, -0.2) is 17.8 Å². The molecule has 0 amide bonds. The Morgan fingerprint density at radius 1 is 1.47 bits per heavy atom. The van der Waals surface area contributed by atoms with Crippen molar-refractivity contribution in [2.75, 3.05) is 6.61 Å². The maximum atomic E-state index is 8.89. The molecule has 0 saturated heterocycles. The van der Waals surface area contributed by atoms with Gasteiger partial charge in [0.25, 0.3) is 0 Å². The Kier molecular flexibility index (Phi) is 5.29. The van der Waals surface area contributed by atoms with E-state index in [1.54, 1.807) is 0 Å². The van der Waals surface area contributed by atoms with E-state index in [2.05, 4.69) is 32.2 Å². The average molecular weight is 227 g/mol. The summed E-state index contributed by atoms with van der Waals surface area (Å²) in [6, 6.07) is 2.69. The Labute approximate surface area is 96.3 Å². The Balaban J connectivity index is 2.44. The van der Waals surface area contributed by atoms with Gasteiger partial charge in [0.1, 0.15) is 0 Å². The van der Waals surface area contributed by atoms with Gasteiger partial charge in [0.2, 0.25) is 0 Å². The summed E-state index contributed by atoms with van der Waals surface area (Å²) in [6.45, 7) is 7.66. The molecule has 1 atom stereocenters. The van der Waals surface area contributed by atoms with Crippen LogP contribution in [0.4, 0.5) is 0 Å². The maximum Gasteiger partial charge on any atom is 0.0445 e. The summed E-state index contributed by atoms with van der Waals surface area (Å²) in [7, 11) is 0. The van der Waals surface area contributed by atoms with E-state index in [-0.39, 0.29) is 6.61 Å². The first-order valence-electron chi connectivity index (χ1n) is 5.57. The monoisotopic (exact) mass is 227 g/mol. The molecule has 0 saturated carbocycles. The van der Waals surface area contributed by atoms with Gasteiger partial charge in [-0.15, -0.1) is 11.3 Å². The minimum atomic E-state index is 0.271. The average Bonchev–Trinajstić information content (AvgIpc) is 2.52. The van der Waals surface area contributed by atoms with E-state index < -0.39 is 0 Å². The number of thiophene rings is 1. The van der Waals surface area contributed by atoms with E-state index in [1.807, 2.05) is 11.3 Å². The molecule has 1 aromatic heterocycles. The first-order chi connectivity index (χ1) is 7.17. The number of hydrogen-bond acceptors (Lipinski definition) is 3. The van der Waals surface area contributed by atoms with Crippen molar-refractivity contribution in [3.8, 4) is 0 Å². The number of rotatable bonds is 6. The summed E-state index contributed by atoms with van der Waals surface area (Å²) < 4.78 is 0. The predicted molar refractivity (Wildman–Crippen MR) is 66.4 cm³/mol. The summed E-state index contributed by atoms with van der Waals surface area (Å²) in [5, 5.41) is 12.4. The topological polar surface area (TPSA) is 32.3 Å². The Bertz CT molecular complexity index is 296. The third kappa shape index (κ3) is 3.93. The molecule has 1 aromatic rings. The number of aryl methyl sites for hydroxylation is 2. The van der Waals surface area contributed by atoms with Crippen molar-refractivity contribution in [3.05, 3.63) is 21.4 Å². The van der Waals surface area contributed by atoms with E-state index in [0.29, 0.717) is 6.04 Å². The van der Waals surface area contributed by atoms with Crippen molar-refractivity contribution in [2.45, 2.75) is 46.2 Å². The lowest BCUT2D eigenvalue weighted by molar-refractivity contribution is 0.262. The zero-order valence-corrected chi connectivity index (χ0v) is 10.7. The van der Waals surface area contributed by atoms with Crippen LogP contribution >= 0.6 is 11.3 Å². The predicted octanol–water partition coefficient (Wildman–Crippen LogP) is 2.62. The summed E-state index contributed by atoms with van der Waals surface area (Å²) in [6.07, 6.45) is 1.92. The third-order valence-electron chi connectivity index (χ3n) is 2.70. The lowest BCUT2D eigenvalue weighted by Gasteiger charge is -2.15. The first kappa shape index (κ1) is 12.7. The first-order valence-corrected chi connectivity index (χ1v) is 6.39. The second-order valence-corrected chi connectivity index (χ2v) is 5.40. The Morgan fingerprint density at radius 2 is 2.20 bits per heavy atom. The highest BCUT2D eigenvalue weighted by Crippen LogP contribution is 2.20. The highest BCUT2D eigenvalue weighted by molar-refractivity contribution is 7.12. The number of hydrogen-bond donors (Lipinski definition) is 2. The largest absolute Gasteiger partial charge is 0.396 e. The molecule has 1 unspecified atom stereocenters. The molecule has 2 nitrogen and oxygen atoms in total. The number of nitrogens with one attached hydrogen (secondary N) is 1. The third-order valence-corrected chi connectivity index (χ3v) is 3.70. The molecule has 1 heterocycles. The van der Waals surface area contributed by atoms with Gasteiger partial charge in [0.15, 0.2) is 0 Å². The lowest BCUT2D eigenvalue weighted by atomic mass is 10.1. The molecule has 1 rings (SSSR count). The van der Waals surface area contributed by atoms with Crippen LogP contribution in [0.2, 0.25) is 0 Å². The zero-order chi connectivity index (χ0) is 11.3. The fraction of sp³-hybridized carbons (Fsp3) is 0.667. The molecule has 0 spiro atoms. The van der Waals surface area contributed by atoms with Gasteiger partial charge in [-0.25, -0.2) is 0 Å². The fourth-order valence-corrected chi connectivity index (χ4v) is 2.67. The molecule has 0 aliphatic heterocycles. The molecule has 0 fully saturated rings. The van der Waals surface area contributed by atoms with Crippen molar-refractivity contribution in [2.24, 2.45) is 0 Å². The summed E-state index contributed by atoms with van der Waals surface area (Å²) in [4.78, 5) is 2.78. The molecule has 3 heteroatoms. The molecule has 0 aromatic carbocycles. The van der Waals surface area contributed by atoms with Gasteiger partial charge in [0.05, 0.1) is 0 Å². The Hall–Kier alpha value is -0.380. The van der Waals surface area contributed by atoms with Gasteiger partial charge < -0.3 is 10.4 Å². The lowest BCUT2D eigenvalue weighted by Crippen LogP contribution is -2.28. The zero-order valence-electron chi connectivity index (χ0n) is 9.84. The summed E-state index contributed by atoms with van der Waals surface area (Å²) in [5.41, 5.74) is 1.40. The quantitative estimate of drug-likeness (QED) is 0.783. The van der Waals surface area contributed by atoms with E-state index in [9.17, 15) is 0 Å². The van der Waals surface area contributed by atoms with Crippen molar-refractivity contribution >= 4 is 11.3 Å². The maximum absolute atomic E-state index is 8.89. The van der Waals surface area contributed by atoms with Crippen LogP contribution in [0, 0.1) is 13.8 Å². The van der Waals surface area contributed by atoms with Crippen molar-refractivity contribution in [1.29, 1.82) is 0 Å². The SMILES string of the molecule is CCC(CCO)NCc1cc(C)sc1C. The van der Waals surface area contributed by atoms with Gasteiger partial charge in [-0.3, -0.25) is 0 Å². The molecule has 86 valence electrons. The van der Waals surface area contributed by atoms with E-state index in [0.717, 1.165) is 19.4 Å². The fourth-order valence-electron chi connectivity index (χ4n) is 1.72. The summed E-state index contributed by atoms with van der Waals surface area (Å²) in [5.74, 6) is 0. The van der Waals surface area contributed by atoms with Crippen LogP contribution < -0.4 is 5.32 Å². The normalized spacial score (nSPS) is 13.1. The van der Waals surface area contributed by atoms with Crippen LogP contribution in [0.1, 0.15) is 35.1 Å². The highest BCUT2D eigenvalue weighted by Gasteiger charge is 2.07. The number of aliphatic hydroxyl groups excluding tert-OH is 1. The van der Waals surface area contributed by atoms with E-state index in [1.165, 1.54) is 15.3 Å². The van der Waals surface area contributed by atoms with Gasteiger partial charge in [-0.1, -0.05) is 6.92 Å². The molecular formula is C12H21NOS. The molecule has 0 radical (unpaired) electrons. The van der Waals surface area contributed by atoms with Crippen LogP contribution in [0.3, 0.4) is 0 Å². The molecule has 0 aliphatic carbocycles. The molecule has 15 heavy (non-hydrogen) atoms. The van der Waals surface area contributed by atoms with Crippen molar-refractivity contribution in [1.82, 2.24) is 5.32 Å². The molecule has 0 bridgehead atoms. The number of aliphatic hydroxyl groups is 1. The minimum Gasteiger partial charge on any atom is -0.396 e. The minimum absolute atomic E-state index is 0.271.